The van der Waals surface area contributed by atoms with E-state index in [0.717, 1.165) is 53.6 Å². The Bertz CT molecular complexity index is 832. The minimum absolute atomic E-state index is 0.213. The van der Waals surface area contributed by atoms with Crippen LogP contribution < -0.4 is 4.90 Å². The average Bonchev–Trinajstić information content (AvgIpc) is 3.32. The lowest BCUT2D eigenvalue weighted by Gasteiger charge is -2.42. The van der Waals surface area contributed by atoms with Crippen molar-refractivity contribution < 1.29 is 4.79 Å². The van der Waals surface area contributed by atoms with Crippen LogP contribution in [0, 0.1) is 5.92 Å². The van der Waals surface area contributed by atoms with Gasteiger partial charge >= 0.3 is 0 Å². The van der Waals surface area contributed by atoms with Crippen LogP contribution in [0.25, 0.3) is 11.0 Å². The summed E-state index contributed by atoms with van der Waals surface area (Å²) in [5.74, 6) is 1.76. The van der Waals surface area contributed by atoms with Gasteiger partial charge in [-0.05, 0) is 24.5 Å². The maximum Gasteiger partial charge on any atom is 0.229 e. The van der Waals surface area contributed by atoms with Gasteiger partial charge in [0.1, 0.15) is 5.65 Å². The molecule has 4 rings (SSSR count). The fraction of sp³-hybridized carbons (Fsp3) is 0.526. The van der Waals surface area contributed by atoms with Gasteiger partial charge in [0.25, 0.3) is 0 Å². The summed E-state index contributed by atoms with van der Waals surface area (Å²) in [7, 11) is 2.13. The van der Waals surface area contributed by atoms with Crippen LogP contribution in [0.4, 0.5) is 5.69 Å². The highest BCUT2D eigenvalue weighted by Crippen LogP contribution is 2.30. The zero-order valence-electron chi connectivity index (χ0n) is 15.3. The largest absolute Gasteiger partial charge is 0.369 e. The standard InChI is InChI=1S/C19H25N5OS/c1-13-5-9-24(18(25)11-17-20-8-10-26-17)12-16(13)23(2)15-4-7-22-19-14(15)3-6-21-19/h3-4,6-7,13,16H,5,8-12H2,1-2H3,(H,21,22)/t13-,16?/m1/s1. The van der Waals surface area contributed by atoms with E-state index in [1.807, 2.05) is 17.3 Å². The summed E-state index contributed by atoms with van der Waals surface area (Å²) in [5.41, 5.74) is 2.07. The molecule has 1 N–H and O–H groups in total. The number of aromatic nitrogens is 2. The van der Waals surface area contributed by atoms with E-state index in [2.05, 4.69) is 46.0 Å². The van der Waals surface area contributed by atoms with Crippen molar-refractivity contribution in [2.75, 3.05) is 37.3 Å². The fourth-order valence-electron chi connectivity index (χ4n) is 3.94. The molecule has 6 nitrogen and oxygen atoms in total. The summed E-state index contributed by atoms with van der Waals surface area (Å²) in [6.07, 6.45) is 5.26. The second kappa shape index (κ2) is 7.31. The van der Waals surface area contributed by atoms with Gasteiger partial charge in [0.2, 0.25) is 5.91 Å². The molecule has 2 aliphatic rings. The number of carbonyl (C=O) groups excluding carboxylic acids is 1. The van der Waals surface area contributed by atoms with Crippen molar-refractivity contribution in [3.8, 4) is 0 Å². The molecule has 0 spiro atoms. The van der Waals surface area contributed by atoms with E-state index in [-0.39, 0.29) is 5.91 Å². The lowest BCUT2D eigenvalue weighted by atomic mass is 9.91. The molecule has 26 heavy (non-hydrogen) atoms. The van der Waals surface area contributed by atoms with E-state index in [0.29, 0.717) is 18.4 Å². The predicted molar refractivity (Wildman–Crippen MR) is 108 cm³/mol. The summed E-state index contributed by atoms with van der Waals surface area (Å²) in [6, 6.07) is 4.43. The monoisotopic (exact) mass is 371 g/mol. The highest BCUT2D eigenvalue weighted by molar-refractivity contribution is 8.14. The van der Waals surface area contributed by atoms with Crippen molar-refractivity contribution in [2.24, 2.45) is 10.9 Å². The Morgan fingerprint density at radius 2 is 2.35 bits per heavy atom. The van der Waals surface area contributed by atoms with Gasteiger partial charge in [-0.3, -0.25) is 9.79 Å². The number of hydrogen-bond acceptors (Lipinski definition) is 5. The fourth-order valence-corrected chi connectivity index (χ4v) is 4.77. The number of aromatic amines is 1. The van der Waals surface area contributed by atoms with Crippen molar-refractivity contribution >= 4 is 39.4 Å². The van der Waals surface area contributed by atoms with E-state index in [1.165, 1.54) is 0 Å². The zero-order valence-corrected chi connectivity index (χ0v) is 16.1. The van der Waals surface area contributed by atoms with E-state index in [4.69, 9.17) is 0 Å². The Balaban J connectivity index is 1.51. The molecule has 1 amide bonds. The quantitative estimate of drug-likeness (QED) is 0.898. The molecule has 2 aliphatic heterocycles. The van der Waals surface area contributed by atoms with Gasteiger partial charge < -0.3 is 14.8 Å². The Kier molecular flexibility index (Phi) is 4.89. The molecule has 0 aliphatic carbocycles. The van der Waals surface area contributed by atoms with Crippen LogP contribution in [-0.4, -0.2) is 64.3 Å². The first-order valence-corrected chi connectivity index (χ1v) is 10.2. The van der Waals surface area contributed by atoms with Crippen molar-refractivity contribution in [1.29, 1.82) is 0 Å². The molecule has 0 saturated carbocycles. The Labute approximate surface area is 158 Å². The molecule has 1 unspecified atom stereocenters. The van der Waals surface area contributed by atoms with Gasteiger partial charge in [0, 0.05) is 61.9 Å². The number of H-pyrrole nitrogens is 1. The number of likely N-dealkylation sites (tertiary alicyclic amines) is 1. The van der Waals surface area contributed by atoms with Gasteiger partial charge in [-0.1, -0.05) is 6.92 Å². The number of amides is 1. The summed E-state index contributed by atoms with van der Waals surface area (Å²) >= 11 is 1.72. The van der Waals surface area contributed by atoms with Gasteiger partial charge in [-0.15, -0.1) is 11.8 Å². The van der Waals surface area contributed by atoms with Crippen molar-refractivity contribution in [3.63, 3.8) is 0 Å². The van der Waals surface area contributed by atoms with Crippen LogP contribution in [0.15, 0.2) is 29.5 Å². The van der Waals surface area contributed by atoms with Crippen LogP contribution in [0.2, 0.25) is 0 Å². The number of hydrogen-bond donors (Lipinski definition) is 1. The lowest BCUT2D eigenvalue weighted by Crippen LogP contribution is -2.52. The maximum atomic E-state index is 12.7. The molecule has 7 heteroatoms. The van der Waals surface area contributed by atoms with E-state index in [9.17, 15) is 4.79 Å². The third-order valence-electron chi connectivity index (χ3n) is 5.54. The lowest BCUT2D eigenvalue weighted by molar-refractivity contribution is -0.131. The minimum atomic E-state index is 0.213. The van der Waals surface area contributed by atoms with Crippen LogP contribution in [-0.2, 0) is 4.79 Å². The topological polar surface area (TPSA) is 64.6 Å². The van der Waals surface area contributed by atoms with Crippen molar-refractivity contribution in [1.82, 2.24) is 14.9 Å². The van der Waals surface area contributed by atoms with Crippen LogP contribution >= 0.6 is 11.8 Å². The third-order valence-corrected chi connectivity index (χ3v) is 6.53. The summed E-state index contributed by atoms with van der Waals surface area (Å²) in [6.45, 7) is 4.75. The molecule has 2 aromatic rings. The normalized spacial score (nSPS) is 23.3. The number of thioether (sulfide) groups is 1. The molecule has 138 valence electrons. The number of nitrogens with zero attached hydrogens (tertiary/aromatic N) is 4. The zero-order chi connectivity index (χ0) is 18.1. The van der Waals surface area contributed by atoms with E-state index in [1.54, 1.807) is 11.8 Å². The smallest absolute Gasteiger partial charge is 0.229 e. The summed E-state index contributed by atoms with van der Waals surface area (Å²) < 4.78 is 0. The number of carbonyl (C=O) groups is 1. The third kappa shape index (κ3) is 3.32. The number of fused-ring (bicyclic) bond motifs is 1. The van der Waals surface area contributed by atoms with Gasteiger partial charge in [-0.2, -0.15) is 0 Å². The van der Waals surface area contributed by atoms with Gasteiger partial charge in [-0.25, -0.2) is 4.98 Å². The summed E-state index contributed by atoms with van der Waals surface area (Å²) in [5, 5.41) is 2.13. The molecule has 4 heterocycles. The predicted octanol–water partition coefficient (Wildman–Crippen LogP) is 2.77. The van der Waals surface area contributed by atoms with Crippen molar-refractivity contribution in [3.05, 3.63) is 24.5 Å². The molecule has 0 radical (unpaired) electrons. The first-order valence-electron chi connectivity index (χ1n) is 9.22. The number of nitrogens with one attached hydrogen (secondary N) is 1. The molecule has 0 aromatic carbocycles. The highest BCUT2D eigenvalue weighted by atomic mass is 32.2. The number of likely N-dealkylation sites (N-methyl/N-ethyl adjacent to an activating group) is 1. The number of rotatable bonds is 4. The first kappa shape index (κ1) is 17.4. The first-order chi connectivity index (χ1) is 12.6. The number of pyridine rings is 1. The highest BCUT2D eigenvalue weighted by Gasteiger charge is 2.32. The average molecular weight is 372 g/mol. The van der Waals surface area contributed by atoms with Crippen molar-refractivity contribution in [2.45, 2.75) is 25.8 Å². The number of piperidine rings is 1. The Morgan fingerprint density at radius 1 is 1.46 bits per heavy atom. The van der Waals surface area contributed by atoms with E-state index < -0.39 is 0 Å². The molecule has 0 bridgehead atoms. The Hall–Kier alpha value is -2.02. The van der Waals surface area contributed by atoms with Gasteiger partial charge in [0.15, 0.2) is 0 Å². The SMILES string of the molecule is C[C@@H]1CCN(C(=O)CC2=NCCS2)CC1N(C)c1ccnc2[nH]ccc12. The van der Waals surface area contributed by atoms with Crippen LogP contribution in [0.3, 0.4) is 0 Å². The van der Waals surface area contributed by atoms with Crippen LogP contribution in [0.1, 0.15) is 19.8 Å². The second-order valence-electron chi connectivity index (χ2n) is 7.15. The maximum absolute atomic E-state index is 12.7. The molecule has 1 saturated heterocycles. The Morgan fingerprint density at radius 3 is 3.15 bits per heavy atom. The number of aliphatic imine (C=N–C) groups is 1. The molecule has 2 aromatic heterocycles. The number of anilines is 1. The second-order valence-corrected chi connectivity index (χ2v) is 8.32. The summed E-state index contributed by atoms with van der Waals surface area (Å²) in [4.78, 5) is 29.1. The molecular formula is C19H25N5OS. The van der Waals surface area contributed by atoms with Gasteiger partial charge in [0.05, 0.1) is 11.5 Å². The molecule has 2 atom stereocenters. The molecular weight excluding hydrogens is 346 g/mol. The molecule has 1 fully saturated rings. The van der Waals surface area contributed by atoms with Crippen LogP contribution in [0.5, 0.6) is 0 Å². The van der Waals surface area contributed by atoms with E-state index >= 15 is 0 Å². The minimum Gasteiger partial charge on any atom is -0.369 e.